The second kappa shape index (κ2) is 6.30. The number of imidazole rings is 1. The highest BCUT2D eigenvalue weighted by atomic mass is 32.2. The molecule has 0 amide bonds. The van der Waals surface area contributed by atoms with Crippen LogP contribution < -0.4 is 0 Å². The van der Waals surface area contributed by atoms with Gasteiger partial charge in [-0.3, -0.25) is 9.78 Å². The van der Waals surface area contributed by atoms with Gasteiger partial charge in [0.05, 0.1) is 17.5 Å². The van der Waals surface area contributed by atoms with Crippen molar-refractivity contribution < 1.29 is 9.90 Å². The topological polar surface area (TPSA) is 68.0 Å². The van der Waals surface area contributed by atoms with E-state index in [2.05, 4.69) is 26.7 Å². The fourth-order valence-electron chi connectivity index (χ4n) is 2.65. The molecule has 0 aromatic carbocycles. The number of fused-ring (bicyclic) bond motifs is 1. The molecule has 110 valence electrons. The normalized spacial score (nSPS) is 18.2. The Bertz CT molecular complexity index is 681. The third-order valence-corrected chi connectivity index (χ3v) is 4.62. The molecular formula is C15H17N3O2S. The number of hydrogen-bond acceptors (Lipinski definition) is 4. The van der Waals surface area contributed by atoms with Crippen LogP contribution in [0.2, 0.25) is 0 Å². The lowest BCUT2D eigenvalue weighted by Gasteiger charge is -2.19. The Morgan fingerprint density at radius 2 is 2.38 bits per heavy atom. The second-order valence-corrected chi connectivity index (χ2v) is 6.14. The third-order valence-electron chi connectivity index (χ3n) is 3.66. The number of aromatic nitrogens is 3. The first kappa shape index (κ1) is 14.1. The van der Waals surface area contributed by atoms with Crippen molar-refractivity contribution in [3.63, 3.8) is 0 Å². The van der Waals surface area contributed by atoms with Crippen molar-refractivity contribution in [3.8, 4) is 0 Å². The van der Waals surface area contributed by atoms with Crippen LogP contribution in [0.4, 0.5) is 0 Å². The molecule has 3 rings (SSSR count). The molecule has 2 aromatic heterocycles. The molecule has 6 heteroatoms. The molecule has 0 saturated heterocycles. The lowest BCUT2D eigenvalue weighted by Crippen LogP contribution is -2.13. The van der Waals surface area contributed by atoms with Gasteiger partial charge in [0.25, 0.3) is 0 Å². The van der Waals surface area contributed by atoms with Gasteiger partial charge < -0.3 is 9.67 Å². The number of aliphatic carboxylic acids is 1. The quantitative estimate of drug-likeness (QED) is 0.679. The van der Waals surface area contributed by atoms with Crippen LogP contribution in [0.5, 0.6) is 0 Å². The monoisotopic (exact) mass is 303 g/mol. The summed E-state index contributed by atoms with van der Waals surface area (Å²) in [5.41, 5.74) is 1.86. The van der Waals surface area contributed by atoms with Crippen LogP contribution in [0.1, 0.15) is 19.3 Å². The van der Waals surface area contributed by atoms with Crippen LogP contribution in [0.3, 0.4) is 0 Å². The Kier molecular flexibility index (Phi) is 4.24. The molecule has 0 spiro atoms. The zero-order chi connectivity index (χ0) is 14.7. The average molecular weight is 303 g/mol. The van der Waals surface area contributed by atoms with Crippen LogP contribution in [0.25, 0.3) is 11.0 Å². The van der Waals surface area contributed by atoms with Crippen LogP contribution >= 0.6 is 11.8 Å². The van der Waals surface area contributed by atoms with Crippen molar-refractivity contribution in [1.29, 1.82) is 0 Å². The number of nitrogens with zero attached hydrogens (tertiary/aromatic N) is 3. The summed E-state index contributed by atoms with van der Waals surface area (Å²) in [6.07, 6.45) is 11.3. The van der Waals surface area contributed by atoms with E-state index < -0.39 is 5.97 Å². The van der Waals surface area contributed by atoms with Crippen LogP contribution in [-0.2, 0) is 11.3 Å². The van der Waals surface area contributed by atoms with Gasteiger partial charge in [-0.1, -0.05) is 23.9 Å². The highest BCUT2D eigenvalue weighted by Crippen LogP contribution is 2.28. The third kappa shape index (κ3) is 3.26. The zero-order valence-electron chi connectivity index (χ0n) is 11.6. The molecule has 0 fully saturated rings. The van der Waals surface area contributed by atoms with E-state index in [1.165, 1.54) is 18.2 Å². The van der Waals surface area contributed by atoms with Crippen molar-refractivity contribution in [2.24, 2.45) is 5.92 Å². The predicted molar refractivity (Wildman–Crippen MR) is 82.4 cm³/mol. The van der Waals surface area contributed by atoms with Gasteiger partial charge in [0.1, 0.15) is 5.52 Å². The summed E-state index contributed by atoms with van der Waals surface area (Å²) in [5, 5.41) is 9.66. The summed E-state index contributed by atoms with van der Waals surface area (Å²) >= 11 is 1.28. The van der Waals surface area contributed by atoms with E-state index in [1.807, 2.05) is 6.07 Å². The first-order chi connectivity index (χ1) is 10.2. The number of allylic oxidation sites excluding steroid dienone is 2. The van der Waals surface area contributed by atoms with Gasteiger partial charge in [-0.25, -0.2) is 4.98 Å². The second-order valence-electron chi connectivity index (χ2n) is 5.20. The van der Waals surface area contributed by atoms with E-state index in [-0.39, 0.29) is 5.75 Å². The Hall–Kier alpha value is -1.82. The summed E-state index contributed by atoms with van der Waals surface area (Å²) in [4.78, 5) is 19.4. The van der Waals surface area contributed by atoms with Gasteiger partial charge in [-0.15, -0.1) is 0 Å². The van der Waals surface area contributed by atoms with Crippen molar-refractivity contribution in [2.75, 3.05) is 5.75 Å². The number of hydrogen-bond donors (Lipinski definition) is 1. The molecule has 1 aliphatic rings. The van der Waals surface area contributed by atoms with Gasteiger partial charge in [0, 0.05) is 12.7 Å². The SMILES string of the molecule is O=C(O)CSc1nc2cnccc2n1CC1CC=CCC1. The largest absolute Gasteiger partial charge is 0.481 e. The molecule has 1 atom stereocenters. The molecule has 0 bridgehead atoms. The standard InChI is InChI=1S/C15H17N3O2S/c19-14(20)10-21-15-17-12-8-16-7-6-13(12)18(15)9-11-4-2-1-3-5-11/h1-2,6-8,11H,3-5,9-10H2,(H,19,20). The molecule has 1 aliphatic carbocycles. The first-order valence-corrected chi connectivity index (χ1v) is 8.02. The Morgan fingerprint density at radius 1 is 1.48 bits per heavy atom. The number of pyridine rings is 1. The number of rotatable bonds is 5. The lowest BCUT2D eigenvalue weighted by molar-refractivity contribution is -0.133. The summed E-state index contributed by atoms with van der Waals surface area (Å²) in [6, 6.07) is 1.95. The number of carboxylic acid groups (broad SMARTS) is 1. The molecular weight excluding hydrogens is 286 g/mol. The zero-order valence-corrected chi connectivity index (χ0v) is 12.4. The molecule has 1 unspecified atom stereocenters. The molecule has 1 N–H and O–H groups in total. The van der Waals surface area contributed by atoms with Crippen LogP contribution in [0.15, 0.2) is 35.8 Å². The average Bonchev–Trinajstić information content (AvgIpc) is 2.84. The molecule has 0 radical (unpaired) electrons. The van der Waals surface area contributed by atoms with E-state index in [4.69, 9.17) is 5.11 Å². The summed E-state index contributed by atoms with van der Waals surface area (Å²) in [5.74, 6) is -0.205. The van der Waals surface area contributed by atoms with Crippen molar-refractivity contribution in [3.05, 3.63) is 30.6 Å². The van der Waals surface area contributed by atoms with E-state index in [0.29, 0.717) is 5.92 Å². The van der Waals surface area contributed by atoms with Gasteiger partial charge in [0.2, 0.25) is 0 Å². The van der Waals surface area contributed by atoms with E-state index in [0.717, 1.165) is 35.6 Å². The minimum absolute atomic E-state index is 0.0291. The van der Waals surface area contributed by atoms with E-state index >= 15 is 0 Å². The Morgan fingerprint density at radius 3 is 3.14 bits per heavy atom. The molecule has 2 aromatic rings. The van der Waals surface area contributed by atoms with Gasteiger partial charge >= 0.3 is 5.97 Å². The lowest BCUT2D eigenvalue weighted by atomic mass is 9.94. The smallest absolute Gasteiger partial charge is 0.313 e. The van der Waals surface area contributed by atoms with Crippen molar-refractivity contribution >= 4 is 28.8 Å². The van der Waals surface area contributed by atoms with Gasteiger partial charge in [-0.05, 0) is 31.2 Å². The molecule has 2 heterocycles. The summed E-state index contributed by atoms with van der Waals surface area (Å²) in [7, 11) is 0. The van der Waals surface area contributed by atoms with Gasteiger partial charge in [-0.2, -0.15) is 0 Å². The van der Waals surface area contributed by atoms with E-state index in [9.17, 15) is 4.79 Å². The maximum Gasteiger partial charge on any atom is 0.313 e. The molecule has 21 heavy (non-hydrogen) atoms. The number of carboxylic acids is 1. The molecule has 0 aliphatic heterocycles. The first-order valence-electron chi connectivity index (χ1n) is 7.04. The minimum Gasteiger partial charge on any atom is -0.481 e. The predicted octanol–water partition coefficient (Wildman–Crippen LogP) is 2.96. The minimum atomic E-state index is -0.822. The van der Waals surface area contributed by atoms with E-state index in [1.54, 1.807) is 12.4 Å². The molecule has 0 saturated carbocycles. The van der Waals surface area contributed by atoms with Gasteiger partial charge in [0.15, 0.2) is 5.16 Å². The number of carbonyl (C=O) groups is 1. The van der Waals surface area contributed by atoms with Crippen LogP contribution in [-0.4, -0.2) is 31.4 Å². The maximum atomic E-state index is 10.8. The number of thioether (sulfide) groups is 1. The summed E-state index contributed by atoms with van der Waals surface area (Å²) in [6.45, 7) is 0.882. The highest BCUT2D eigenvalue weighted by Gasteiger charge is 2.17. The maximum absolute atomic E-state index is 10.8. The molecule has 5 nitrogen and oxygen atoms in total. The fraction of sp³-hybridized carbons (Fsp3) is 0.400. The fourth-order valence-corrected chi connectivity index (χ4v) is 3.40. The van der Waals surface area contributed by atoms with Crippen LogP contribution in [0, 0.1) is 5.92 Å². The summed E-state index contributed by atoms with van der Waals surface area (Å²) < 4.78 is 2.15. The van der Waals surface area contributed by atoms with Crippen molar-refractivity contribution in [2.45, 2.75) is 31.0 Å². The highest BCUT2D eigenvalue weighted by molar-refractivity contribution is 7.99. The van der Waals surface area contributed by atoms with Crippen molar-refractivity contribution in [1.82, 2.24) is 14.5 Å². The Balaban J connectivity index is 1.90. The Labute approximate surface area is 127 Å².